The lowest BCUT2D eigenvalue weighted by Crippen LogP contribution is -2.44. The molecule has 144 valence electrons. The highest BCUT2D eigenvalue weighted by molar-refractivity contribution is 6.09. The van der Waals surface area contributed by atoms with Gasteiger partial charge in [0.25, 0.3) is 5.91 Å². The van der Waals surface area contributed by atoms with Gasteiger partial charge in [-0.3, -0.25) is 14.5 Å². The van der Waals surface area contributed by atoms with Gasteiger partial charge in [0.05, 0.1) is 11.6 Å². The van der Waals surface area contributed by atoms with Crippen LogP contribution in [0.2, 0.25) is 0 Å². The molecule has 0 bridgehead atoms. The Morgan fingerprint density at radius 2 is 2.00 bits per heavy atom. The predicted molar refractivity (Wildman–Crippen MR) is 102 cm³/mol. The van der Waals surface area contributed by atoms with Crippen molar-refractivity contribution in [1.29, 1.82) is 5.26 Å². The molecule has 0 spiro atoms. The molecule has 0 saturated carbocycles. The van der Waals surface area contributed by atoms with E-state index in [-0.39, 0.29) is 12.5 Å². The second-order valence-electron chi connectivity index (χ2n) is 7.06. The van der Waals surface area contributed by atoms with Gasteiger partial charge in [-0.15, -0.1) is 0 Å². The number of carbonyl (C=O) groups is 3. The highest BCUT2D eigenvalue weighted by atomic mass is 16.2. The van der Waals surface area contributed by atoms with Crippen molar-refractivity contribution in [3.05, 3.63) is 29.8 Å². The molecule has 1 aromatic carbocycles. The number of nitrogens with one attached hydrogen (secondary N) is 2. The van der Waals surface area contributed by atoms with Crippen LogP contribution in [0.4, 0.5) is 10.5 Å². The molecule has 2 rings (SSSR count). The lowest BCUT2D eigenvalue weighted by Gasteiger charge is -2.21. The van der Waals surface area contributed by atoms with Gasteiger partial charge in [0.15, 0.2) is 0 Å². The van der Waals surface area contributed by atoms with Crippen LogP contribution in [0.25, 0.3) is 0 Å². The average Bonchev–Trinajstić information content (AvgIpc) is 2.85. The van der Waals surface area contributed by atoms with E-state index in [0.717, 1.165) is 37.0 Å². The van der Waals surface area contributed by atoms with E-state index in [4.69, 9.17) is 5.26 Å². The first-order valence-corrected chi connectivity index (χ1v) is 9.34. The zero-order chi connectivity index (χ0) is 19.9. The number of nitriles is 1. The van der Waals surface area contributed by atoms with E-state index in [2.05, 4.69) is 17.6 Å². The number of anilines is 1. The van der Waals surface area contributed by atoms with E-state index >= 15 is 0 Å². The van der Waals surface area contributed by atoms with Gasteiger partial charge in [0, 0.05) is 5.69 Å². The Morgan fingerprint density at radius 1 is 1.26 bits per heavy atom. The van der Waals surface area contributed by atoms with Crippen LogP contribution in [0.5, 0.6) is 0 Å². The maximum atomic E-state index is 12.7. The molecule has 0 aromatic heterocycles. The van der Waals surface area contributed by atoms with Gasteiger partial charge in [0.1, 0.15) is 12.1 Å². The number of carbonyl (C=O) groups excluding carboxylic acids is 3. The Bertz CT molecular complexity index is 756. The van der Waals surface area contributed by atoms with E-state index in [9.17, 15) is 14.4 Å². The molecule has 1 heterocycles. The molecule has 1 saturated heterocycles. The molecule has 1 aliphatic heterocycles. The van der Waals surface area contributed by atoms with Gasteiger partial charge in [0.2, 0.25) is 5.91 Å². The summed E-state index contributed by atoms with van der Waals surface area (Å²) in [6, 6.07) is 7.90. The molecule has 1 aliphatic rings. The number of nitrogens with zero attached hydrogens (tertiary/aromatic N) is 2. The fraction of sp³-hybridized carbons (Fsp3) is 0.500. The summed E-state index contributed by atoms with van der Waals surface area (Å²) < 4.78 is 0. The summed E-state index contributed by atoms with van der Waals surface area (Å²) in [7, 11) is 0. The van der Waals surface area contributed by atoms with Crippen LogP contribution < -0.4 is 10.6 Å². The summed E-state index contributed by atoms with van der Waals surface area (Å²) >= 11 is 0. The molecule has 4 amide bonds. The third-order valence-corrected chi connectivity index (χ3v) is 4.70. The van der Waals surface area contributed by atoms with Crippen LogP contribution in [0, 0.1) is 11.3 Å². The Hall–Kier alpha value is -2.88. The molecule has 7 heteroatoms. The first-order chi connectivity index (χ1) is 12.9. The second kappa shape index (κ2) is 9.17. The minimum Gasteiger partial charge on any atom is -0.324 e. The number of imide groups is 1. The summed E-state index contributed by atoms with van der Waals surface area (Å²) in [5, 5.41) is 14.2. The lowest BCUT2D eigenvalue weighted by molar-refractivity contribution is -0.133. The maximum absolute atomic E-state index is 12.7. The molecule has 0 aliphatic carbocycles. The van der Waals surface area contributed by atoms with Gasteiger partial charge in [-0.1, -0.05) is 45.1 Å². The average molecular weight is 370 g/mol. The zero-order valence-electron chi connectivity index (χ0n) is 15.9. The molecular formula is C20H26N4O3. The summed E-state index contributed by atoms with van der Waals surface area (Å²) in [5.41, 5.74) is -0.0900. The predicted octanol–water partition coefficient (Wildman–Crippen LogP) is 3.17. The van der Waals surface area contributed by atoms with Gasteiger partial charge in [-0.05, 0) is 31.5 Å². The standard InChI is InChI=1S/C20H26N4O3/c1-3-4-5-6-7-11-20(2)18(26)24(19(27)23-20)14-17(25)22-16-10-8-9-15(12-16)13-21/h8-10,12H,3-7,11,14H2,1-2H3,(H,22,25)(H,23,27)/t20-/m0/s1. The Labute approximate surface area is 159 Å². The second-order valence-corrected chi connectivity index (χ2v) is 7.06. The normalized spacial score (nSPS) is 18.9. The number of unbranched alkanes of at least 4 members (excludes halogenated alkanes) is 4. The van der Waals surface area contributed by atoms with Crippen LogP contribution >= 0.6 is 0 Å². The molecule has 1 aromatic rings. The smallest absolute Gasteiger partial charge is 0.324 e. The van der Waals surface area contributed by atoms with Crippen molar-refractivity contribution in [2.75, 3.05) is 11.9 Å². The summed E-state index contributed by atoms with van der Waals surface area (Å²) in [6.45, 7) is 3.50. The molecule has 1 atom stereocenters. The highest BCUT2D eigenvalue weighted by Crippen LogP contribution is 2.24. The summed E-state index contributed by atoms with van der Waals surface area (Å²) in [6.07, 6.45) is 5.85. The first-order valence-electron chi connectivity index (χ1n) is 9.34. The molecule has 27 heavy (non-hydrogen) atoms. The van der Waals surface area contributed by atoms with Gasteiger partial charge >= 0.3 is 6.03 Å². The lowest BCUT2D eigenvalue weighted by atomic mass is 9.94. The number of amides is 4. The van der Waals surface area contributed by atoms with Crippen molar-refractivity contribution in [2.45, 2.75) is 57.9 Å². The SMILES string of the molecule is CCCCCCC[C@]1(C)NC(=O)N(CC(=O)Nc2cccc(C#N)c2)C1=O. The summed E-state index contributed by atoms with van der Waals surface area (Å²) in [5.74, 6) is -0.857. The minimum atomic E-state index is -0.954. The highest BCUT2D eigenvalue weighted by Gasteiger charge is 2.47. The Kier molecular flexibility index (Phi) is 6.94. The van der Waals surface area contributed by atoms with E-state index < -0.39 is 17.5 Å². The van der Waals surface area contributed by atoms with Crippen molar-refractivity contribution in [1.82, 2.24) is 10.2 Å². The number of hydrogen-bond acceptors (Lipinski definition) is 4. The van der Waals surface area contributed by atoms with E-state index in [1.165, 1.54) is 6.07 Å². The Balaban J connectivity index is 1.92. The fourth-order valence-corrected chi connectivity index (χ4v) is 3.15. The molecule has 0 radical (unpaired) electrons. The molecule has 1 fully saturated rings. The van der Waals surface area contributed by atoms with E-state index in [1.807, 2.05) is 6.07 Å². The van der Waals surface area contributed by atoms with Crippen molar-refractivity contribution in [3.8, 4) is 6.07 Å². The Morgan fingerprint density at radius 3 is 2.70 bits per heavy atom. The third-order valence-electron chi connectivity index (χ3n) is 4.70. The quantitative estimate of drug-likeness (QED) is 0.515. The monoisotopic (exact) mass is 370 g/mol. The van der Waals surface area contributed by atoms with Crippen LogP contribution in [0.3, 0.4) is 0 Å². The largest absolute Gasteiger partial charge is 0.325 e. The van der Waals surface area contributed by atoms with Crippen molar-refractivity contribution < 1.29 is 14.4 Å². The van der Waals surface area contributed by atoms with Gasteiger partial charge in [-0.25, -0.2) is 4.79 Å². The number of urea groups is 1. The molecular weight excluding hydrogens is 344 g/mol. The fourth-order valence-electron chi connectivity index (χ4n) is 3.15. The van der Waals surface area contributed by atoms with E-state index in [1.54, 1.807) is 25.1 Å². The van der Waals surface area contributed by atoms with Crippen molar-refractivity contribution in [3.63, 3.8) is 0 Å². The third kappa shape index (κ3) is 5.30. The summed E-state index contributed by atoms with van der Waals surface area (Å²) in [4.78, 5) is 38.0. The number of benzene rings is 1. The van der Waals surface area contributed by atoms with Crippen molar-refractivity contribution >= 4 is 23.5 Å². The van der Waals surface area contributed by atoms with Gasteiger partial charge < -0.3 is 10.6 Å². The van der Waals surface area contributed by atoms with Gasteiger partial charge in [-0.2, -0.15) is 5.26 Å². The van der Waals surface area contributed by atoms with Crippen LogP contribution in [-0.2, 0) is 9.59 Å². The van der Waals surface area contributed by atoms with E-state index in [0.29, 0.717) is 17.7 Å². The van der Waals surface area contributed by atoms with Crippen LogP contribution in [0.15, 0.2) is 24.3 Å². The van der Waals surface area contributed by atoms with Crippen LogP contribution in [0.1, 0.15) is 57.9 Å². The molecule has 2 N–H and O–H groups in total. The zero-order valence-corrected chi connectivity index (χ0v) is 15.9. The molecule has 0 unspecified atom stereocenters. The number of rotatable bonds is 9. The van der Waals surface area contributed by atoms with Crippen molar-refractivity contribution in [2.24, 2.45) is 0 Å². The number of hydrogen-bond donors (Lipinski definition) is 2. The first kappa shape index (κ1) is 20.4. The molecule has 7 nitrogen and oxygen atoms in total. The minimum absolute atomic E-state index is 0.354. The maximum Gasteiger partial charge on any atom is 0.325 e. The van der Waals surface area contributed by atoms with Crippen LogP contribution in [-0.4, -0.2) is 34.8 Å². The topological polar surface area (TPSA) is 102 Å².